The van der Waals surface area contributed by atoms with Crippen LogP contribution in [0.5, 0.6) is 0 Å². The SMILES string of the molecule is CC=N/C=C\C(C)C(=O)N1CCC(OC2C=C(NC(=O)c3cccc(C(F)(F)F)c3)C=CC2C)CC1. The van der Waals surface area contributed by atoms with Crippen LogP contribution in [0, 0.1) is 11.8 Å². The third-order valence-electron chi connectivity index (χ3n) is 6.25. The molecule has 1 aliphatic heterocycles. The third kappa shape index (κ3) is 7.40. The summed E-state index contributed by atoms with van der Waals surface area (Å²) in [4.78, 5) is 31.0. The summed E-state index contributed by atoms with van der Waals surface area (Å²) in [6.07, 6.45) is 7.02. The van der Waals surface area contributed by atoms with Crippen molar-refractivity contribution in [3.63, 3.8) is 0 Å². The molecule has 1 aliphatic carbocycles. The number of nitrogens with one attached hydrogen (secondary N) is 1. The highest BCUT2D eigenvalue weighted by atomic mass is 19.4. The Morgan fingerprint density at radius 2 is 1.97 bits per heavy atom. The third-order valence-corrected chi connectivity index (χ3v) is 6.25. The van der Waals surface area contributed by atoms with Gasteiger partial charge in [-0.25, -0.2) is 0 Å². The monoisotopic (exact) mass is 503 g/mol. The van der Waals surface area contributed by atoms with Crippen LogP contribution in [-0.4, -0.2) is 48.2 Å². The van der Waals surface area contributed by atoms with Gasteiger partial charge in [0.2, 0.25) is 5.91 Å². The molecule has 36 heavy (non-hydrogen) atoms. The Morgan fingerprint density at radius 3 is 2.64 bits per heavy atom. The van der Waals surface area contributed by atoms with Gasteiger partial charge in [0.25, 0.3) is 5.91 Å². The average molecular weight is 504 g/mol. The number of hydrogen-bond acceptors (Lipinski definition) is 4. The molecule has 1 aromatic carbocycles. The molecule has 1 N–H and O–H groups in total. The maximum atomic E-state index is 13.0. The Labute approximate surface area is 209 Å². The Morgan fingerprint density at radius 1 is 1.25 bits per heavy atom. The molecule has 1 heterocycles. The van der Waals surface area contributed by atoms with Gasteiger partial charge in [-0.3, -0.25) is 14.6 Å². The minimum atomic E-state index is -4.52. The van der Waals surface area contributed by atoms with Crippen LogP contribution in [0.25, 0.3) is 0 Å². The number of nitrogens with zero attached hydrogens (tertiary/aromatic N) is 2. The van der Waals surface area contributed by atoms with Gasteiger partial charge in [0, 0.05) is 42.7 Å². The van der Waals surface area contributed by atoms with Crippen LogP contribution in [-0.2, 0) is 15.7 Å². The van der Waals surface area contributed by atoms with Gasteiger partial charge in [0.1, 0.15) is 0 Å². The summed E-state index contributed by atoms with van der Waals surface area (Å²) in [5.74, 6) is -0.752. The second kappa shape index (κ2) is 12.2. The topological polar surface area (TPSA) is 71.0 Å². The molecule has 3 unspecified atom stereocenters. The van der Waals surface area contributed by atoms with E-state index in [-0.39, 0.29) is 35.5 Å². The molecular formula is C27H32F3N3O3. The van der Waals surface area contributed by atoms with Crippen molar-refractivity contribution in [2.75, 3.05) is 13.1 Å². The lowest BCUT2D eigenvalue weighted by Crippen LogP contribution is -2.44. The average Bonchev–Trinajstić information content (AvgIpc) is 2.85. The standard InChI is InChI=1S/C27H32F3N3O3/c1-4-31-13-10-19(3)26(35)33-14-11-23(12-15-33)36-24-17-22(9-8-18(24)2)32-25(34)20-6-5-7-21(16-20)27(28,29)30/h4-10,13,16-19,23-24H,11-12,14-15H2,1-3H3,(H,32,34)/b13-10-,31-4?. The lowest BCUT2D eigenvalue weighted by atomic mass is 9.96. The van der Waals surface area contributed by atoms with E-state index in [1.165, 1.54) is 12.1 Å². The number of allylic oxidation sites excluding steroid dienone is 1. The lowest BCUT2D eigenvalue weighted by molar-refractivity contribution is -0.138. The molecule has 3 rings (SSSR count). The van der Waals surface area contributed by atoms with Gasteiger partial charge in [-0.05, 0) is 50.1 Å². The minimum Gasteiger partial charge on any atom is -0.370 e. The summed E-state index contributed by atoms with van der Waals surface area (Å²) in [5, 5.41) is 2.68. The van der Waals surface area contributed by atoms with Crippen LogP contribution in [0.2, 0.25) is 0 Å². The molecule has 3 atom stereocenters. The van der Waals surface area contributed by atoms with Gasteiger partial charge in [-0.1, -0.05) is 32.1 Å². The van der Waals surface area contributed by atoms with E-state index in [4.69, 9.17) is 4.74 Å². The highest BCUT2D eigenvalue weighted by Gasteiger charge is 2.31. The van der Waals surface area contributed by atoms with Crippen molar-refractivity contribution in [3.05, 3.63) is 71.6 Å². The molecule has 2 amide bonds. The van der Waals surface area contributed by atoms with Crippen LogP contribution < -0.4 is 5.32 Å². The van der Waals surface area contributed by atoms with Crippen molar-refractivity contribution in [1.82, 2.24) is 10.2 Å². The van der Waals surface area contributed by atoms with Crippen LogP contribution in [0.3, 0.4) is 0 Å². The fourth-order valence-electron chi connectivity index (χ4n) is 4.11. The quantitative estimate of drug-likeness (QED) is 0.524. The Hall–Kier alpha value is -3.20. The molecule has 0 radical (unpaired) electrons. The van der Waals surface area contributed by atoms with Crippen molar-refractivity contribution < 1.29 is 27.5 Å². The Bertz CT molecular complexity index is 1050. The number of likely N-dealkylation sites (tertiary alicyclic amines) is 1. The number of carbonyl (C=O) groups is 2. The largest absolute Gasteiger partial charge is 0.416 e. The van der Waals surface area contributed by atoms with Crippen LogP contribution in [0.15, 0.2) is 65.5 Å². The molecule has 194 valence electrons. The summed E-state index contributed by atoms with van der Waals surface area (Å²) < 4.78 is 45.2. The van der Waals surface area contributed by atoms with E-state index in [1.807, 2.05) is 31.7 Å². The smallest absolute Gasteiger partial charge is 0.370 e. The fourth-order valence-corrected chi connectivity index (χ4v) is 4.11. The van der Waals surface area contributed by atoms with E-state index in [1.54, 1.807) is 30.6 Å². The predicted molar refractivity (Wildman–Crippen MR) is 132 cm³/mol. The van der Waals surface area contributed by atoms with Crippen molar-refractivity contribution in [2.45, 2.75) is 52.0 Å². The lowest BCUT2D eigenvalue weighted by Gasteiger charge is -2.35. The molecule has 0 bridgehead atoms. The molecule has 2 aliphatic rings. The summed E-state index contributed by atoms with van der Waals surface area (Å²) in [7, 11) is 0. The summed E-state index contributed by atoms with van der Waals surface area (Å²) in [5.41, 5.74) is -0.468. The zero-order valence-corrected chi connectivity index (χ0v) is 20.7. The first-order chi connectivity index (χ1) is 17.1. The van der Waals surface area contributed by atoms with Crippen molar-refractivity contribution in [1.29, 1.82) is 0 Å². The van der Waals surface area contributed by atoms with E-state index in [2.05, 4.69) is 10.3 Å². The molecule has 0 spiro atoms. The van der Waals surface area contributed by atoms with Gasteiger partial charge in [0.05, 0.1) is 23.7 Å². The predicted octanol–water partition coefficient (Wildman–Crippen LogP) is 5.14. The van der Waals surface area contributed by atoms with E-state index >= 15 is 0 Å². The first-order valence-electron chi connectivity index (χ1n) is 12.1. The van der Waals surface area contributed by atoms with Crippen LogP contribution in [0.1, 0.15) is 49.5 Å². The molecule has 1 fully saturated rings. The van der Waals surface area contributed by atoms with Crippen molar-refractivity contribution >= 4 is 18.0 Å². The van der Waals surface area contributed by atoms with Gasteiger partial charge in [-0.15, -0.1) is 0 Å². The van der Waals surface area contributed by atoms with E-state index in [0.29, 0.717) is 31.6 Å². The molecule has 6 nitrogen and oxygen atoms in total. The number of amides is 2. The van der Waals surface area contributed by atoms with E-state index in [0.717, 1.165) is 12.1 Å². The first-order valence-corrected chi connectivity index (χ1v) is 12.1. The summed E-state index contributed by atoms with van der Waals surface area (Å²) in [6.45, 7) is 6.85. The fraction of sp³-hybridized carbons (Fsp3) is 0.444. The number of benzene rings is 1. The van der Waals surface area contributed by atoms with Gasteiger partial charge in [-0.2, -0.15) is 13.2 Å². The Balaban J connectivity index is 1.56. The zero-order valence-electron chi connectivity index (χ0n) is 20.7. The second-order valence-corrected chi connectivity index (χ2v) is 9.04. The normalized spacial score (nSPS) is 22.2. The molecule has 0 aromatic heterocycles. The number of ether oxygens (including phenoxy) is 1. The van der Waals surface area contributed by atoms with Crippen LogP contribution >= 0.6 is 0 Å². The maximum absolute atomic E-state index is 13.0. The minimum absolute atomic E-state index is 0.0415. The number of rotatable bonds is 7. The number of piperidine rings is 1. The second-order valence-electron chi connectivity index (χ2n) is 9.04. The number of carbonyl (C=O) groups excluding carboxylic acids is 2. The Kier molecular flexibility index (Phi) is 9.25. The van der Waals surface area contributed by atoms with Crippen molar-refractivity contribution in [3.8, 4) is 0 Å². The van der Waals surface area contributed by atoms with E-state index < -0.39 is 17.6 Å². The van der Waals surface area contributed by atoms with E-state index in [9.17, 15) is 22.8 Å². The molecule has 9 heteroatoms. The molecule has 1 aromatic rings. The summed E-state index contributed by atoms with van der Waals surface area (Å²) >= 11 is 0. The molecule has 1 saturated heterocycles. The van der Waals surface area contributed by atoms with Gasteiger partial charge in [0.15, 0.2) is 0 Å². The van der Waals surface area contributed by atoms with Gasteiger partial charge < -0.3 is 15.0 Å². The van der Waals surface area contributed by atoms with Crippen molar-refractivity contribution in [2.24, 2.45) is 16.8 Å². The molecule has 0 saturated carbocycles. The number of halogens is 3. The maximum Gasteiger partial charge on any atom is 0.416 e. The zero-order chi connectivity index (χ0) is 26.3. The first kappa shape index (κ1) is 27.4. The molecular weight excluding hydrogens is 471 g/mol. The summed E-state index contributed by atoms with van der Waals surface area (Å²) in [6, 6.07) is 4.32. The highest BCUT2D eigenvalue weighted by molar-refractivity contribution is 5.95. The number of alkyl halides is 3. The number of aliphatic imine (C=N–C) groups is 1. The van der Waals surface area contributed by atoms with Crippen LogP contribution in [0.4, 0.5) is 13.2 Å². The van der Waals surface area contributed by atoms with Gasteiger partial charge >= 0.3 is 6.18 Å². The highest BCUT2D eigenvalue weighted by Crippen LogP contribution is 2.30. The number of hydrogen-bond donors (Lipinski definition) is 1.